The summed E-state index contributed by atoms with van der Waals surface area (Å²) in [6.07, 6.45) is -0.615. The van der Waals surface area contributed by atoms with Crippen molar-refractivity contribution in [2.24, 2.45) is 0 Å². The lowest BCUT2D eigenvalue weighted by atomic mass is 10.1. The quantitative estimate of drug-likeness (QED) is 0.795. The summed E-state index contributed by atoms with van der Waals surface area (Å²) in [5.41, 5.74) is 1.23. The lowest BCUT2D eigenvalue weighted by molar-refractivity contribution is 0.177. The Morgan fingerprint density at radius 1 is 1.10 bits per heavy atom. The molecule has 3 aromatic rings. The second-order valence-electron chi connectivity index (χ2n) is 4.47. The number of aliphatic hydroxyl groups excluding tert-OH is 1. The fourth-order valence-electron chi connectivity index (χ4n) is 2.01. The van der Waals surface area contributed by atoms with Crippen molar-refractivity contribution in [2.75, 3.05) is 0 Å². The zero-order valence-corrected chi connectivity index (χ0v) is 11.2. The van der Waals surface area contributed by atoms with Crippen molar-refractivity contribution in [3.05, 3.63) is 64.7 Å². The molecule has 0 aliphatic carbocycles. The highest BCUT2D eigenvalue weighted by molar-refractivity contribution is 7.18. The summed E-state index contributed by atoms with van der Waals surface area (Å²) in [6, 6.07) is 11.1. The van der Waals surface area contributed by atoms with Crippen LogP contribution in [0.15, 0.2) is 42.5 Å². The third-order valence-electron chi connectivity index (χ3n) is 3.03. The van der Waals surface area contributed by atoms with E-state index in [1.54, 1.807) is 0 Å². The van der Waals surface area contributed by atoms with Crippen molar-refractivity contribution >= 4 is 21.6 Å². The molecule has 0 fully saturated rings. The molecule has 1 aromatic heterocycles. The number of para-hydroxylation sites is 1. The van der Waals surface area contributed by atoms with Gasteiger partial charge in [-0.2, -0.15) is 0 Å². The largest absolute Gasteiger partial charge is 0.388 e. The third-order valence-corrected chi connectivity index (χ3v) is 4.09. The van der Waals surface area contributed by atoms with E-state index in [9.17, 15) is 13.9 Å². The standard InChI is InChI=1S/C15H11F2NOS/c16-10-6-5-9(7-11(10)17)13(19)8-15-18-12-3-1-2-4-14(12)20-15/h1-7,13,19H,8H2. The van der Waals surface area contributed by atoms with Gasteiger partial charge in [-0.15, -0.1) is 11.3 Å². The van der Waals surface area contributed by atoms with E-state index in [-0.39, 0.29) is 6.42 Å². The molecule has 5 heteroatoms. The van der Waals surface area contributed by atoms with E-state index in [1.165, 1.54) is 17.4 Å². The van der Waals surface area contributed by atoms with Gasteiger partial charge in [0.15, 0.2) is 11.6 Å². The van der Waals surface area contributed by atoms with E-state index in [1.807, 2.05) is 24.3 Å². The average molecular weight is 291 g/mol. The molecular weight excluding hydrogens is 280 g/mol. The van der Waals surface area contributed by atoms with Crippen molar-refractivity contribution in [3.63, 3.8) is 0 Å². The van der Waals surface area contributed by atoms with Crippen molar-refractivity contribution in [2.45, 2.75) is 12.5 Å². The van der Waals surface area contributed by atoms with E-state index in [0.717, 1.165) is 27.4 Å². The maximum atomic E-state index is 13.1. The first-order chi connectivity index (χ1) is 9.63. The van der Waals surface area contributed by atoms with Gasteiger partial charge in [0.25, 0.3) is 0 Å². The molecule has 0 saturated heterocycles. The number of benzene rings is 2. The van der Waals surface area contributed by atoms with Crippen LogP contribution in [-0.4, -0.2) is 10.1 Å². The maximum absolute atomic E-state index is 13.1. The molecule has 1 N–H and O–H groups in total. The molecule has 0 saturated carbocycles. The van der Waals surface area contributed by atoms with Gasteiger partial charge in [-0.1, -0.05) is 18.2 Å². The van der Waals surface area contributed by atoms with Gasteiger partial charge in [-0.3, -0.25) is 0 Å². The van der Waals surface area contributed by atoms with Gasteiger partial charge in [-0.25, -0.2) is 13.8 Å². The summed E-state index contributed by atoms with van der Waals surface area (Å²) in [5.74, 6) is -1.87. The first-order valence-corrected chi connectivity index (χ1v) is 6.92. The smallest absolute Gasteiger partial charge is 0.159 e. The number of thiazole rings is 1. The Hall–Kier alpha value is -1.85. The van der Waals surface area contributed by atoms with E-state index in [2.05, 4.69) is 4.98 Å². The summed E-state index contributed by atoms with van der Waals surface area (Å²) in [4.78, 5) is 4.41. The molecule has 1 unspecified atom stereocenters. The molecule has 1 heterocycles. The minimum absolute atomic E-state index is 0.282. The molecule has 0 bridgehead atoms. The number of hydrogen-bond donors (Lipinski definition) is 1. The van der Waals surface area contributed by atoms with Crippen LogP contribution in [0.1, 0.15) is 16.7 Å². The molecule has 0 amide bonds. The highest BCUT2D eigenvalue weighted by Crippen LogP contribution is 2.26. The fraction of sp³-hybridized carbons (Fsp3) is 0.133. The summed E-state index contributed by atoms with van der Waals surface area (Å²) in [7, 11) is 0. The minimum atomic E-state index is -0.953. The van der Waals surface area contributed by atoms with E-state index < -0.39 is 17.7 Å². The first kappa shape index (κ1) is 13.1. The Morgan fingerprint density at radius 2 is 1.90 bits per heavy atom. The Bertz CT molecular complexity index is 723. The predicted molar refractivity (Wildman–Crippen MR) is 74.6 cm³/mol. The van der Waals surface area contributed by atoms with E-state index in [4.69, 9.17) is 0 Å². The van der Waals surface area contributed by atoms with Crippen molar-refractivity contribution in [1.82, 2.24) is 4.98 Å². The van der Waals surface area contributed by atoms with Crippen LogP contribution >= 0.6 is 11.3 Å². The number of nitrogens with zero attached hydrogens (tertiary/aromatic N) is 1. The Balaban J connectivity index is 1.84. The lowest BCUT2D eigenvalue weighted by Crippen LogP contribution is -2.02. The van der Waals surface area contributed by atoms with E-state index >= 15 is 0 Å². The summed E-state index contributed by atoms with van der Waals surface area (Å²) in [6.45, 7) is 0. The van der Waals surface area contributed by atoms with Gasteiger partial charge < -0.3 is 5.11 Å². The van der Waals surface area contributed by atoms with Crippen LogP contribution in [0, 0.1) is 11.6 Å². The van der Waals surface area contributed by atoms with Gasteiger partial charge in [0, 0.05) is 6.42 Å². The van der Waals surface area contributed by atoms with Gasteiger partial charge >= 0.3 is 0 Å². The number of halogens is 2. The number of fused-ring (bicyclic) bond motifs is 1. The molecule has 0 aliphatic rings. The molecule has 1 atom stereocenters. The Morgan fingerprint density at radius 3 is 2.65 bits per heavy atom. The second kappa shape index (κ2) is 5.26. The second-order valence-corrected chi connectivity index (χ2v) is 5.58. The van der Waals surface area contributed by atoms with Crippen molar-refractivity contribution < 1.29 is 13.9 Å². The summed E-state index contributed by atoms with van der Waals surface area (Å²) in [5, 5.41) is 10.9. The fourth-order valence-corrected chi connectivity index (χ4v) is 3.01. The lowest BCUT2D eigenvalue weighted by Gasteiger charge is -2.09. The Kier molecular flexibility index (Phi) is 3.46. The third kappa shape index (κ3) is 2.55. The number of aliphatic hydroxyl groups is 1. The van der Waals surface area contributed by atoms with E-state index in [0.29, 0.717) is 5.56 Å². The van der Waals surface area contributed by atoms with Gasteiger partial charge in [0.05, 0.1) is 21.3 Å². The van der Waals surface area contributed by atoms with Crippen LogP contribution in [0.4, 0.5) is 8.78 Å². The molecular formula is C15H11F2NOS. The minimum Gasteiger partial charge on any atom is -0.388 e. The molecule has 102 valence electrons. The molecule has 0 spiro atoms. The van der Waals surface area contributed by atoms with Crippen LogP contribution in [0.3, 0.4) is 0 Å². The van der Waals surface area contributed by atoms with Crippen LogP contribution in [-0.2, 0) is 6.42 Å². The predicted octanol–water partition coefficient (Wildman–Crippen LogP) is 3.85. The van der Waals surface area contributed by atoms with Gasteiger partial charge in [-0.05, 0) is 29.8 Å². The normalized spacial score (nSPS) is 12.8. The maximum Gasteiger partial charge on any atom is 0.159 e. The molecule has 3 rings (SSSR count). The Labute approximate surface area is 118 Å². The summed E-state index contributed by atoms with van der Waals surface area (Å²) < 4.78 is 27.0. The molecule has 2 aromatic carbocycles. The molecule has 20 heavy (non-hydrogen) atoms. The van der Waals surface area contributed by atoms with Crippen LogP contribution in [0.2, 0.25) is 0 Å². The zero-order valence-electron chi connectivity index (χ0n) is 10.4. The first-order valence-electron chi connectivity index (χ1n) is 6.11. The van der Waals surface area contributed by atoms with Crippen LogP contribution in [0.5, 0.6) is 0 Å². The van der Waals surface area contributed by atoms with Crippen molar-refractivity contribution in [3.8, 4) is 0 Å². The molecule has 2 nitrogen and oxygen atoms in total. The zero-order chi connectivity index (χ0) is 14.1. The number of hydrogen-bond acceptors (Lipinski definition) is 3. The highest BCUT2D eigenvalue weighted by Gasteiger charge is 2.14. The topological polar surface area (TPSA) is 33.1 Å². The summed E-state index contributed by atoms with van der Waals surface area (Å²) >= 11 is 1.49. The van der Waals surface area contributed by atoms with Crippen LogP contribution in [0.25, 0.3) is 10.2 Å². The van der Waals surface area contributed by atoms with Gasteiger partial charge in [0.2, 0.25) is 0 Å². The van der Waals surface area contributed by atoms with Crippen molar-refractivity contribution in [1.29, 1.82) is 0 Å². The molecule has 0 aliphatic heterocycles. The van der Waals surface area contributed by atoms with Crippen LogP contribution < -0.4 is 0 Å². The monoisotopic (exact) mass is 291 g/mol. The molecule has 0 radical (unpaired) electrons. The SMILES string of the molecule is OC(Cc1nc2ccccc2s1)c1ccc(F)c(F)c1. The van der Waals surface area contributed by atoms with Gasteiger partial charge in [0.1, 0.15) is 0 Å². The average Bonchev–Trinajstić information content (AvgIpc) is 2.83. The number of rotatable bonds is 3. The number of aromatic nitrogens is 1. The highest BCUT2D eigenvalue weighted by atomic mass is 32.1.